The molecule has 0 aliphatic heterocycles. The highest BCUT2D eigenvalue weighted by atomic mass is 35.5. The maximum absolute atomic E-state index is 9.34. The van der Waals surface area contributed by atoms with E-state index in [1.807, 2.05) is 13.0 Å². The van der Waals surface area contributed by atoms with Crippen molar-refractivity contribution in [2.75, 3.05) is 0 Å². The van der Waals surface area contributed by atoms with E-state index in [1.54, 1.807) is 13.0 Å². The number of benzene rings is 1. The van der Waals surface area contributed by atoms with Gasteiger partial charge in [0, 0.05) is 10.6 Å². The zero-order valence-electron chi connectivity index (χ0n) is 6.94. The highest BCUT2D eigenvalue weighted by molar-refractivity contribution is 6.36. The molecule has 0 amide bonds. The van der Waals surface area contributed by atoms with Crippen molar-refractivity contribution in [3.8, 4) is 0 Å². The summed E-state index contributed by atoms with van der Waals surface area (Å²) in [6.45, 7) is 3.52. The quantitative estimate of drug-likeness (QED) is 0.745. The Morgan fingerprint density at radius 1 is 1.33 bits per heavy atom. The second-order valence-corrected chi connectivity index (χ2v) is 3.55. The van der Waals surface area contributed by atoms with E-state index in [0.29, 0.717) is 15.6 Å². The van der Waals surface area contributed by atoms with Crippen molar-refractivity contribution >= 4 is 23.2 Å². The average Bonchev–Trinajstić information content (AvgIpc) is 1.97. The SMILES string of the molecule is Cc1ccc(Cl)c([C@H](C)O)c1Cl. The fraction of sp³-hybridized carbons (Fsp3) is 0.333. The molecule has 1 N–H and O–H groups in total. The molecule has 1 atom stereocenters. The molecular weight excluding hydrogens is 195 g/mol. The van der Waals surface area contributed by atoms with Gasteiger partial charge >= 0.3 is 0 Å². The fourth-order valence-corrected chi connectivity index (χ4v) is 1.75. The van der Waals surface area contributed by atoms with Gasteiger partial charge in [-0.2, -0.15) is 0 Å². The lowest BCUT2D eigenvalue weighted by molar-refractivity contribution is 0.199. The molecule has 0 heterocycles. The van der Waals surface area contributed by atoms with Gasteiger partial charge in [-0.3, -0.25) is 0 Å². The number of aryl methyl sites for hydroxylation is 1. The zero-order chi connectivity index (χ0) is 9.30. The third-order valence-electron chi connectivity index (χ3n) is 1.74. The Labute approximate surface area is 81.9 Å². The van der Waals surface area contributed by atoms with Crippen molar-refractivity contribution < 1.29 is 5.11 Å². The van der Waals surface area contributed by atoms with Crippen molar-refractivity contribution in [3.63, 3.8) is 0 Å². The second-order valence-electron chi connectivity index (χ2n) is 2.77. The van der Waals surface area contributed by atoms with Crippen LogP contribution in [0.4, 0.5) is 0 Å². The smallest absolute Gasteiger partial charge is 0.0791 e. The predicted octanol–water partition coefficient (Wildman–Crippen LogP) is 3.36. The highest BCUT2D eigenvalue weighted by Crippen LogP contribution is 2.32. The molecule has 0 aromatic heterocycles. The molecule has 0 saturated heterocycles. The molecule has 0 spiro atoms. The van der Waals surface area contributed by atoms with E-state index in [-0.39, 0.29) is 0 Å². The summed E-state index contributed by atoms with van der Waals surface area (Å²) in [5.41, 5.74) is 1.54. The van der Waals surface area contributed by atoms with Crippen LogP contribution in [0, 0.1) is 6.92 Å². The maximum Gasteiger partial charge on any atom is 0.0791 e. The standard InChI is InChI=1S/C9H10Cl2O/c1-5-3-4-7(10)8(6(2)12)9(5)11/h3-4,6,12H,1-2H3/t6-/m0/s1. The van der Waals surface area contributed by atoms with Crippen molar-refractivity contribution in [1.29, 1.82) is 0 Å². The summed E-state index contributed by atoms with van der Waals surface area (Å²) in [6.07, 6.45) is -0.620. The topological polar surface area (TPSA) is 20.2 Å². The normalized spacial score (nSPS) is 13.1. The summed E-state index contributed by atoms with van der Waals surface area (Å²) in [5.74, 6) is 0. The van der Waals surface area contributed by atoms with Gasteiger partial charge in [-0.15, -0.1) is 0 Å². The van der Waals surface area contributed by atoms with Crippen LogP contribution in [0.5, 0.6) is 0 Å². The van der Waals surface area contributed by atoms with E-state index in [0.717, 1.165) is 5.56 Å². The molecular formula is C9H10Cl2O. The molecule has 1 aromatic carbocycles. The zero-order valence-corrected chi connectivity index (χ0v) is 8.45. The largest absolute Gasteiger partial charge is 0.389 e. The summed E-state index contributed by atoms with van der Waals surface area (Å²) in [5, 5.41) is 10.4. The van der Waals surface area contributed by atoms with Crippen LogP contribution in [0.25, 0.3) is 0 Å². The van der Waals surface area contributed by atoms with Gasteiger partial charge in [-0.05, 0) is 25.5 Å². The van der Waals surface area contributed by atoms with Crippen LogP contribution in [0.1, 0.15) is 24.2 Å². The molecule has 1 nitrogen and oxygen atoms in total. The molecule has 66 valence electrons. The maximum atomic E-state index is 9.34. The Morgan fingerprint density at radius 3 is 2.33 bits per heavy atom. The van der Waals surface area contributed by atoms with Crippen molar-refractivity contribution in [3.05, 3.63) is 33.3 Å². The first-order valence-corrected chi connectivity index (χ1v) is 4.42. The molecule has 3 heteroatoms. The Hall–Kier alpha value is -0.240. The van der Waals surface area contributed by atoms with Crippen molar-refractivity contribution in [2.45, 2.75) is 20.0 Å². The average molecular weight is 205 g/mol. The monoisotopic (exact) mass is 204 g/mol. The van der Waals surface area contributed by atoms with Crippen LogP contribution in [0.15, 0.2) is 12.1 Å². The molecule has 0 aliphatic rings. The number of hydrogen-bond donors (Lipinski definition) is 1. The van der Waals surface area contributed by atoms with Gasteiger partial charge in [0.15, 0.2) is 0 Å². The molecule has 1 aromatic rings. The number of rotatable bonds is 1. The minimum atomic E-state index is -0.620. The molecule has 0 radical (unpaired) electrons. The van der Waals surface area contributed by atoms with E-state index in [4.69, 9.17) is 23.2 Å². The minimum absolute atomic E-state index is 0.514. The third-order valence-corrected chi connectivity index (χ3v) is 2.57. The van der Waals surface area contributed by atoms with Gasteiger partial charge in [0.1, 0.15) is 0 Å². The molecule has 1 rings (SSSR count). The number of hydrogen-bond acceptors (Lipinski definition) is 1. The van der Waals surface area contributed by atoms with Gasteiger partial charge < -0.3 is 5.11 Å². The van der Waals surface area contributed by atoms with Crippen LogP contribution >= 0.6 is 23.2 Å². The third kappa shape index (κ3) is 1.74. The van der Waals surface area contributed by atoms with E-state index >= 15 is 0 Å². The number of halogens is 2. The summed E-state index contributed by atoms with van der Waals surface area (Å²) in [4.78, 5) is 0. The van der Waals surface area contributed by atoms with E-state index in [2.05, 4.69) is 0 Å². The summed E-state index contributed by atoms with van der Waals surface area (Å²) in [7, 11) is 0. The fourth-order valence-electron chi connectivity index (χ4n) is 1.06. The van der Waals surface area contributed by atoms with E-state index in [9.17, 15) is 5.11 Å². The van der Waals surface area contributed by atoms with Crippen molar-refractivity contribution in [2.24, 2.45) is 0 Å². The predicted molar refractivity (Wildman–Crippen MR) is 51.8 cm³/mol. The Balaban J connectivity index is 3.33. The number of aliphatic hydroxyl groups is 1. The molecule has 0 aliphatic carbocycles. The van der Waals surface area contributed by atoms with Gasteiger partial charge in [-0.25, -0.2) is 0 Å². The van der Waals surface area contributed by atoms with Crippen LogP contribution < -0.4 is 0 Å². The van der Waals surface area contributed by atoms with Gasteiger partial charge in [0.25, 0.3) is 0 Å². The second kappa shape index (κ2) is 3.65. The number of aliphatic hydroxyl groups excluding tert-OH is 1. The van der Waals surface area contributed by atoms with Crippen LogP contribution in [0.2, 0.25) is 10.0 Å². The first kappa shape index (κ1) is 9.85. The Morgan fingerprint density at radius 2 is 1.92 bits per heavy atom. The van der Waals surface area contributed by atoms with Gasteiger partial charge in [-0.1, -0.05) is 29.3 Å². The highest BCUT2D eigenvalue weighted by Gasteiger charge is 2.12. The molecule has 12 heavy (non-hydrogen) atoms. The molecule has 0 bridgehead atoms. The van der Waals surface area contributed by atoms with E-state index in [1.165, 1.54) is 0 Å². The summed E-state index contributed by atoms with van der Waals surface area (Å²) < 4.78 is 0. The van der Waals surface area contributed by atoms with Gasteiger partial charge in [0.2, 0.25) is 0 Å². The first-order valence-electron chi connectivity index (χ1n) is 3.66. The lowest BCUT2D eigenvalue weighted by Crippen LogP contribution is -1.95. The first-order chi connectivity index (χ1) is 5.54. The molecule has 0 saturated carbocycles. The molecule has 0 fully saturated rings. The summed E-state index contributed by atoms with van der Waals surface area (Å²) in [6, 6.07) is 3.57. The lowest BCUT2D eigenvalue weighted by atomic mass is 10.1. The Bertz CT molecular complexity index is 295. The Kier molecular flexibility index (Phi) is 2.99. The van der Waals surface area contributed by atoms with Crippen LogP contribution in [-0.4, -0.2) is 5.11 Å². The summed E-state index contributed by atoms with van der Waals surface area (Å²) >= 11 is 11.8. The van der Waals surface area contributed by atoms with E-state index < -0.39 is 6.10 Å². The van der Waals surface area contributed by atoms with Crippen LogP contribution in [0.3, 0.4) is 0 Å². The van der Waals surface area contributed by atoms with Gasteiger partial charge in [0.05, 0.1) is 11.1 Å². The van der Waals surface area contributed by atoms with Crippen LogP contribution in [-0.2, 0) is 0 Å². The lowest BCUT2D eigenvalue weighted by Gasteiger charge is -2.11. The molecule has 0 unspecified atom stereocenters. The minimum Gasteiger partial charge on any atom is -0.389 e. The van der Waals surface area contributed by atoms with Crippen molar-refractivity contribution in [1.82, 2.24) is 0 Å².